The van der Waals surface area contributed by atoms with Gasteiger partial charge in [0, 0.05) is 6.54 Å². The Morgan fingerprint density at radius 2 is 1.80 bits per heavy atom. The first-order valence-electron chi connectivity index (χ1n) is 6.36. The van der Waals surface area contributed by atoms with Crippen molar-refractivity contribution < 1.29 is 4.74 Å². The molecule has 7 heteroatoms. The molecule has 4 N–H and O–H groups in total. The van der Waals surface area contributed by atoms with E-state index in [1.54, 1.807) is 0 Å². The van der Waals surface area contributed by atoms with Crippen LogP contribution in [0.4, 0.5) is 11.9 Å². The number of aryl methyl sites for hydroxylation is 1. The van der Waals surface area contributed by atoms with Gasteiger partial charge < -0.3 is 10.1 Å². The van der Waals surface area contributed by atoms with Crippen LogP contribution in [0, 0.1) is 6.92 Å². The maximum Gasteiger partial charge on any atom is 0.323 e. The predicted octanol–water partition coefficient (Wildman–Crippen LogP) is 1.48. The Labute approximate surface area is 117 Å². The SMILES string of the molecule is CCOc1nc(NN)nc(NCc2ccc(C)cc2)n1. The summed E-state index contributed by atoms with van der Waals surface area (Å²) in [4.78, 5) is 12.3. The van der Waals surface area contributed by atoms with Gasteiger partial charge in [-0.25, -0.2) is 5.84 Å². The van der Waals surface area contributed by atoms with Gasteiger partial charge in [-0.05, 0) is 19.4 Å². The highest BCUT2D eigenvalue weighted by atomic mass is 16.5. The maximum atomic E-state index is 5.32. The molecule has 1 heterocycles. The number of anilines is 2. The molecule has 0 saturated heterocycles. The molecule has 0 aliphatic carbocycles. The van der Waals surface area contributed by atoms with E-state index in [1.165, 1.54) is 5.56 Å². The number of hydrogen-bond donors (Lipinski definition) is 3. The Morgan fingerprint density at radius 1 is 1.10 bits per heavy atom. The zero-order valence-electron chi connectivity index (χ0n) is 11.6. The van der Waals surface area contributed by atoms with Gasteiger partial charge in [0.2, 0.25) is 11.9 Å². The van der Waals surface area contributed by atoms with E-state index in [2.05, 4.69) is 56.9 Å². The van der Waals surface area contributed by atoms with Crippen molar-refractivity contribution in [2.24, 2.45) is 5.84 Å². The van der Waals surface area contributed by atoms with E-state index in [9.17, 15) is 0 Å². The number of ether oxygens (including phenoxy) is 1. The fourth-order valence-electron chi connectivity index (χ4n) is 1.58. The van der Waals surface area contributed by atoms with Crippen molar-refractivity contribution in [1.29, 1.82) is 0 Å². The molecule has 0 bridgehead atoms. The van der Waals surface area contributed by atoms with E-state index < -0.39 is 0 Å². The average Bonchev–Trinajstić information content (AvgIpc) is 2.47. The van der Waals surface area contributed by atoms with Gasteiger partial charge in [0.1, 0.15) is 0 Å². The van der Waals surface area contributed by atoms with Crippen LogP contribution in [-0.4, -0.2) is 21.6 Å². The van der Waals surface area contributed by atoms with Crippen molar-refractivity contribution in [3.8, 4) is 6.01 Å². The van der Waals surface area contributed by atoms with Crippen molar-refractivity contribution in [3.05, 3.63) is 35.4 Å². The number of nitrogen functional groups attached to an aromatic ring is 1. The summed E-state index contributed by atoms with van der Waals surface area (Å²) in [5.74, 6) is 5.99. The lowest BCUT2D eigenvalue weighted by Gasteiger charge is -2.08. The molecule has 2 rings (SSSR count). The van der Waals surface area contributed by atoms with Crippen LogP contribution in [0.5, 0.6) is 6.01 Å². The summed E-state index contributed by atoms with van der Waals surface area (Å²) in [5.41, 5.74) is 4.75. The predicted molar refractivity (Wildman–Crippen MR) is 77.3 cm³/mol. The molecule has 0 fully saturated rings. The number of hydrogen-bond acceptors (Lipinski definition) is 7. The molecule has 0 aliphatic rings. The number of nitrogens with one attached hydrogen (secondary N) is 2. The summed E-state index contributed by atoms with van der Waals surface area (Å²) in [7, 11) is 0. The first kappa shape index (κ1) is 14.0. The minimum Gasteiger partial charge on any atom is -0.464 e. The third kappa shape index (κ3) is 3.79. The molecule has 20 heavy (non-hydrogen) atoms. The lowest BCUT2D eigenvalue weighted by molar-refractivity contribution is 0.312. The molecule has 0 aliphatic heterocycles. The van der Waals surface area contributed by atoms with Crippen LogP contribution < -0.4 is 21.3 Å². The quantitative estimate of drug-likeness (QED) is 0.542. The van der Waals surface area contributed by atoms with Crippen molar-refractivity contribution in [2.45, 2.75) is 20.4 Å². The Balaban J connectivity index is 2.07. The minimum absolute atomic E-state index is 0.238. The Morgan fingerprint density at radius 3 is 2.45 bits per heavy atom. The van der Waals surface area contributed by atoms with Crippen LogP contribution in [0.15, 0.2) is 24.3 Å². The molecular formula is C13H18N6O. The molecule has 7 nitrogen and oxygen atoms in total. The summed E-state index contributed by atoms with van der Waals surface area (Å²) in [5, 5.41) is 3.12. The smallest absolute Gasteiger partial charge is 0.323 e. The molecule has 2 aromatic rings. The Kier molecular flexibility index (Phi) is 4.67. The van der Waals surface area contributed by atoms with Gasteiger partial charge >= 0.3 is 6.01 Å². The number of hydrazine groups is 1. The standard InChI is InChI=1S/C13H18N6O/c1-3-20-13-17-11(16-12(18-13)19-14)15-8-10-6-4-9(2)5-7-10/h4-7H,3,8,14H2,1-2H3,(H2,15,16,17,18,19). The molecule has 0 saturated carbocycles. The molecular weight excluding hydrogens is 256 g/mol. The highest BCUT2D eigenvalue weighted by Crippen LogP contribution is 2.12. The largest absolute Gasteiger partial charge is 0.464 e. The number of nitrogens with two attached hydrogens (primary N) is 1. The van der Waals surface area contributed by atoms with Crippen molar-refractivity contribution in [2.75, 3.05) is 17.3 Å². The third-order valence-electron chi connectivity index (χ3n) is 2.59. The Bertz CT molecular complexity index is 557. The molecule has 0 atom stereocenters. The van der Waals surface area contributed by atoms with Crippen molar-refractivity contribution in [3.63, 3.8) is 0 Å². The fraction of sp³-hybridized carbons (Fsp3) is 0.308. The van der Waals surface area contributed by atoms with Crippen LogP contribution in [0.25, 0.3) is 0 Å². The molecule has 1 aromatic carbocycles. The first-order valence-corrected chi connectivity index (χ1v) is 6.36. The summed E-state index contributed by atoms with van der Waals surface area (Å²) in [6, 6.07) is 8.46. The molecule has 0 amide bonds. The van der Waals surface area contributed by atoms with Crippen LogP contribution in [0.2, 0.25) is 0 Å². The van der Waals surface area contributed by atoms with Crippen LogP contribution in [0.1, 0.15) is 18.1 Å². The van der Waals surface area contributed by atoms with Gasteiger partial charge in [0.15, 0.2) is 0 Å². The molecule has 0 unspecified atom stereocenters. The summed E-state index contributed by atoms with van der Waals surface area (Å²) >= 11 is 0. The van der Waals surface area contributed by atoms with Gasteiger partial charge in [-0.3, -0.25) is 5.43 Å². The maximum absolute atomic E-state index is 5.32. The van der Waals surface area contributed by atoms with Gasteiger partial charge in [0.25, 0.3) is 0 Å². The minimum atomic E-state index is 0.238. The average molecular weight is 274 g/mol. The van der Waals surface area contributed by atoms with E-state index in [4.69, 9.17) is 10.6 Å². The lowest BCUT2D eigenvalue weighted by atomic mass is 10.1. The highest BCUT2D eigenvalue weighted by Gasteiger charge is 2.06. The fourth-order valence-corrected chi connectivity index (χ4v) is 1.58. The zero-order valence-corrected chi connectivity index (χ0v) is 11.6. The van der Waals surface area contributed by atoms with E-state index in [-0.39, 0.29) is 12.0 Å². The van der Waals surface area contributed by atoms with E-state index in [1.807, 2.05) is 6.92 Å². The number of aromatic nitrogens is 3. The second-order valence-electron chi connectivity index (χ2n) is 4.18. The summed E-state index contributed by atoms with van der Waals surface area (Å²) in [6.45, 7) is 5.00. The van der Waals surface area contributed by atoms with Gasteiger partial charge in [-0.1, -0.05) is 29.8 Å². The summed E-state index contributed by atoms with van der Waals surface area (Å²) < 4.78 is 5.26. The molecule has 106 valence electrons. The van der Waals surface area contributed by atoms with Crippen LogP contribution in [0.3, 0.4) is 0 Å². The van der Waals surface area contributed by atoms with Crippen LogP contribution >= 0.6 is 0 Å². The number of rotatable bonds is 6. The topological polar surface area (TPSA) is 98.0 Å². The van der Waals surface area contributed by atoms with Gasteiger partial charge in [-0.15, -0.1) is 0 Å². The van der Waals surface area contributed by atoms with E-state index >= 15 is 0 Å². The number of benzene rings is 1. The monoisotopic (exact) mass is 274 g/mol. The third-order valence-corrected chi connectivity index (χ3v) is 2.59. The van der Waals surface area contributed by atoms with Gasteiger partial charge in [0.05, 0.1) is 6.61 Å². The molecule has 1 aromatic heterocycles. The van der Waals surface area contributed by atoms with E-state index in [0.29, 0.717) is 19.1 Å². The molecule has 0 radical (unpaired) electrons. The number of nitrogens with zero attached hydrogens (tertiary/aromatic N) is 3. The second-order valence-corrected chi connectivity index (χ2v) is 4.18. The van der Waals surface area contributed by atoms with Crippen molar-refractivity contribution in [1.82, 2.24) is 15.0 Å². The van der Waals surface area contributed by atoms with Crippen LogP contribution in [-0.2, 0) is 6.54 Å². The molecule has 0 spiro atoms. The normalized spacial score (nSPS) is 10.2. The zero-order chi connectivity index (χ0) is 14.4. The van der Waals surface area contributed by atoms with E-state index in [0.717, 1.165) is 5.56 Å². The van der Waals surface area contributed by atoms with Crippen molar-refractivity contribution >= 4 is 11.9 Å². The lowest BCUT2D eigenvalue weighted by Crippen LogP contribution is -2.14. The second kappa shape index (κ2) is 6.67. The summed E-state index contributed by atoms with van der Waals surface area (Å²) in [6.07, 6.45) is 0. The van der Waals surface area contributed by atoms with Gasteiger partial charge in [-0.2, -0.15) is 15.0 Å². The first-order chi connectivity index (χ1) is 9.71. The highest BCUT2D eigenvalue weighted by molar-refractivity contribution is 5.36. The Hall–Kier alpha value is -2.41.